The topological polar surface area (TPSA) is 29.5 Å². The third-order valence-corrected chi connectivity index (χ3v) is 5.83. The van der Waals surface area contributed by atoms with E-state index in [-0.39, 0.29) is 17.4 Å². The first-order valence-electron chi connectivity index (χ1n) is 7.98. The average molecular weight is 312 g/mol. The van der Waals surface area contributed by atoms with Crippen LogP contribution in [0.15, 0.2) is 11.1 Å². The van der Waals surface area contributed by atoms with Crippen LogP contribution in [0.4, 0.5) is 0 Å². The third kappa shape index (κ3) is 5.26. The van der Waals surface area contributed by atoms with E-state index >= 15 is 0 Å². The molecule has 0 aromatic rings. The Labute approximate surface area is 131 Å². The number of likely N-dealkylation sites (tertiary alicyclic amines) is 1. The van der Waals surface area contributed by atoms with E-state index in [0.29, 0.717) is 6.73 Å². The summed E-state index contributed by atoms with van der Waals surface area (Å²) in [5.41, 5.74) is 2.19. The molecule has 21 heavy (non-hydrogen) atoms. The zero-order chi connectivity index (χ0) is 16.4. The highest BCUT2D eigenvalue weighted by Crippen LogP contribution is 2.37. The van der Waals surface area contributed by atoms with E-state index in [1.165, 1.54) is 0 Å². The summed E-state index contributed by atoms with van der Waals surface area (Å²) < 4.78 is 5.83. The highest BCUT2D eigenvalue weighted by Gasteiger charge is 2.41. The number of amides is 1. The van der Waals surface area contributed by atoms with E-state index in [1.54, 1.807) is 0 Å². The number of carbonyl (C=O) groups excluding carboxylic acids is 1. The predicted molar refractivity (Wildman–Crippen MR) is 92.1 cm³/mol. The number of hydrogen-bond donors (Lipinski definition) is 0. The van der Waals surface area contributed by atoms with Crippen molar-refractivity contribution in [3.8, 4) is 0 Å². The minimum absolute atomic E-state index is 0.0784. The molecule has 1 fully saturated rings. The van der Waals surface area contributed by atoms with Gasteiger partial charge in [-0.2, -0.15) is 0 Å². The molecule has 122 valence electrons. The Bertz CT molecular complexity index is 411. The molecule has 1 aliphatic heterocycles. The van der Waals surface area contributed by atoms with E-state index < -0.39 is 8.07 Å². The third-order valence-electron chi connectivity index (χ3n) is 4.12. The minimum atomic E-state index is -1.07. The number of hydrogen-bond acceptors (Lipinski definition) is 2. The first-order valence-corrected chi connectivity index (χ1v) is 11.7. The Balaban J connectivity index is 2.72. The van der Waals surface area contributed by atoms with Crippen LogP contribution in [0.3, 0.4) is 0 Å². The van der Waals surface area contributed by atoms with Gasteiger partial charge in [0.2, 0.25) is 0 Å². The Morgan fingerprint density at radius 2 is 1.86 bits per heavy atom. The zero-order valence-corrected chi connectivity index (χ0v) is 16.2. The van der Waals surface area contributed by atoms with E-state index in [0.717, 1.165) is 30.2 Å². The lowest BCUT2D eigenvalue weighted by Gasteiger charge is -2.34. The van der Waals surface area contributed by atoms with Gasteiger partial charge in [0.15, 0.2) is 0 Å². The second-order valence-electron chi connectivity index (χ2n) is 8.69. The molecule has 0 bridgehead atoms. The average Bonchev–Trinajstić information content (AvgIpc) is 2.60. The first-order chi connectivity index (χ1) is 9.43. The molecule has 1 rings (SSSR count). The molecule has 0 N–H and O–H groups in total. The molecule has 0 spiro atoms. The summed E-state index contributed by atoms with van der Waals surface area (Å²) in [7, 11) is -1.07. The molecule has 0 radical (unpaired) electrons. The molecule has 0 aromatic heterocycles. The van der Waals surface area contributed by atoms with Gasteiger partial charge in [-0.25, -0.2) is 0 Å². The summed E-state index contributed by atoms with van der Waals surface area (Å²) in [4.78, 5) is 14.5. The van der Waals surface area contributed by atoms with Crippen molar-refractivity contribution in [1.82, 2.24) is 4.90 Å². The van der Waals surface area contributed by atoms with E-state index in [4.69, 9.17) is 4.74 Å². The van der Waals surface area contributed by atoms with Crippen molar-refractivity contribution in [2.75, 3.05) is 13.3 Å². The molecule has 0 aromatic carbocycles. The molecule has 1 atom stereocenters. The van der Waals surface area contributed by atoms with Crippen LogP contribution in [-0.4, -0.2) is 38.3 Å². The summed E-state index contributed by atoms with van der Waals surface area (Å²) >= 11 is 0. The van der Waals surface area contributed by atoms with Gasteiger partial charge in [-0.3, -0.25) is 4.79 Å². The zero-order valence-electron chi connectivity index (χ0n) is 15.2. The smallest absolute Gasteiger partial charge is 0.251 e. The van der Waals surface area contributed by atoms with Crippen LogP contribution in [0.25, 0.3) is 0 Å². The molecule has 1 heterocycles. The quantitative estimate of drug-likeness (QED) is 0.431. The standard InChI is InChI=1S/C17H33NO2Si/c1-13(2)14-11-15(17(3,4)5)18(16(14)19)12-20-9-10-21(6,7)8/h15H,9-12H2,1-8H3/t15-/m1/s1. The van der Waals surface area contributed by atoms with Crippen LogP contribution in [0.1, 0.15) is 41.0 Å². The van der Waals surface area contributed by atoms with Crippen molar-refractivity contribution in [3.63, 3.8) is 0 Å². The van der Waals surface area contributed by atoms with Crippen LogP contribution in [0.5, 0.6) is 0 Å². The second-order valence-corrected chi connectivity index (χ2v) is 14.3. The molecule has 1 amide bonds. The van der Waals surface area contributed by atoms with Crippen LogP contribution in [-0.2, 0) is 9.53 Å². The number of allylic oxidation sites excluding steroid dienone is 1. The van der Waals surface area contributed by atoms with Gasteiger partial charge in [-0.1, -0.05) is 46.0 Å². The van der Waals surface area contributed by atoms with E-state index in [1.807, 2.05) is 18.7 Å². The normalized spacial score (nSPS) is 20.4. The van der Waals surface area contributed by atoms with Crippen molar-refractivity contribution < 1.29 is 9.53 Å². The lowest BCUT2D eigenvalue weighted by atomic mass is 9.84. The van der Waals surface area contributed by atoms with Gasteiger partial charge >= 0.3 is 0 Å². The SMILES string of the molecule is CC(C)=C1C[C@H](C(C)(C)C)N(COCC[Si](C)(C)C)C1=O. The highest BCUT2D eigenvalue weighted by molar-refractivity contribution is 6.76. The minimum Gasteiger partial charge on any atom is -0.361 e. The number of carbonyl (C=O) groups is 1. The Morgan fingerprint density at radius 1 is 1.29 bits per heavy atom. The molecule has 0 unspecified atom stereocenters. The van der Waals surface area contributed by atoms with E-state index in [9.17, 15) is 4.79 Å². The number of nitrogens with zero attached hydrogens (tertiary/aromatic N) is 1. The maximum absolute atomic E-state index is 12.6. The monoisotopic (exact) mass is 311 g/mol. The maximum Gasteiger partial charge on any atom is 0.251 e. The Morgan fingerprint density at radius 3 is 2.29 bits per heavy atom. The maximum atomic E-state index is 12.6. The summed E-state index contributed by atoms with van der Waals surface area (Å²) in [6.45, 7) is 18.9. The van der Waals surface area contributed by atoms with Crippen molar-refractivity contribution >= 4 is 14.0 Å². The van der Waals surface area contributed by atoms with Crippen molar-refractivity contribution in [2.24, 2.45) is 5.41 Å². The Kier molecular flexibility index (Phi) is 5.84. The van der Waals surface area contributed by atoms with Crippen LogP contribution in [0, 0.1) is 5.41 Å². The van der Waals surface area contributed by atoms with E-state index in [2.05, 4.69) is 40.4 Å². The van der Waals surface area contributed by atoms with Crippen molar-refractivity contribution in [1.29, 1.82) is 0 Å². The van der Waals surface area contributed by atoms with Crippen molar-refractivity contribution in [2.45, 2.75) is 72.8 Å². The van der Waals surface area contributed by atoms with Gasteiger partial charge < -0.3 is 9.64 Å². The van der Waals surface area contributed by atoms with Crippen LogP contribution >= 0.6 is 0 Å². The summed E-state index contributed by atoms with van der Waals surface area (Å²) in [5, 5.41) is 0. The fraction of sp³-hybridized carbons (Fsp3) is 0.824. The molecule has 0 saturated carbocycles. The van der Waals surface area contributed by atoms with Gasteiger partial charge in [0.1, 0.15) is 6.73 Å². The molecule has 1 saturated heterocycles. The van der Waals surface area contributed by atoms with Crippen molar-refractivity contribution in [3.05, 3.63) is 11.1 Å². The summed E-state index contributed by atoms with van der Waals surface area (Å²) in [5.74, 6) is 0.169. The fourth-order valence-electron chi connectivity index (χ4n) is 2.59. The summed E-state index contributed by atoms with van der Waals surface area (Å²) in [6.07, 6.45) is 0.849. The Hall–Kier alpha value is -0.613. The molecule has 4 heteroatoms. The van der Waals surface area contributed by atoms with Gasteiger partial charge in [-0.15, -0.1) is 0 Å². The molecular weight excluding hydrogens is 278 g/mol. The molecular formula is C17H33NO2Si. The van der Waals surface area contributed by atoms with Gasteiger partial charge in [-0.05, 0) is 31.7 Å². The molecule has 0 aliphatic carbocycles. The largest absolute Gasteiger partial charge is 0.361 e. The second kappa shape index (κ2) is 6.65. The van der Waals surface area contributed by atoms with Gasteiger partial charge in [0.05, 0.1) is 0 Å². The number of rotatable bonds is 5. The lowest BCUT2D eigenvalue weighted by molar-refractivity contribution is -0.134. The van der Waals surface area contributed by atoms with Gasteiger partial charge in [0, 0.05) is 26.3 Å². The lowest BCUT2D eigenvalue weighted by Crippen LogP contribution is -2.42. The first kappa shape index (κ1) is 18.4. The summed E-state index contributed by atoms with van der Waals surface area (Å²) in [6, 6.07) is 1.38. The molecule has 1 aliphatic rings. The predicted octanol–water partition coefficient (Wildman–Crippen LogP) is 4.28. The molecule has 3 nitrogen and oxygen atoms in total. The van der Waals surface area contributed by atoms with Crippen LogP contribution < -0.4 is 0 Å². The number of ether oxygens (including phenoxy) is 1. The van der Waals surface area contributed by atoms with Crippen LogP contribution in [0.2, 0.25) is 25.7 Å². The highest BCUT2D eigenvalue weighted by atomic mass is 28.3. The fourth-order valence-corrected chi connectivity index (χ4v) is 3.34. The van der Waals surface area contributed by atoms with Gasteiger partial charge in [0.25, 0.3) is 5.91 Å².